The molecule has 0 atom stereocenters. The van der Waals surface area contributed by atoms with Gasteiger partial charge in [0.2, 0.25) is 0 Å². The second-order valence-corrected chi connectivity index (χ2v) is 6.81. The Balaban J connectivity index is 1.65. The van der Waals surface area contributed by atoms with Crippen molar-refractivity contribution in [1.29, 1.82) is 0 Å². The van der Waals surface area contributed by atoms with Crippen LogP contribution in [-0.2, 0) is 0 Å². The summed E-state index contributed by atoms with van der Waals surface area (Å²) < 4.78 is 0. The van der Waals surface area contributed by atoms with Crippen molar-refractivity contribution in [3.63, 3.8) is 0 Å². The molecule has 0 saturated carbocycles. The van der Waals surface area contributed by atoms with Gasteiger partial charge in [-0.25, -0.2) is 0 Å². The molecule has 7 nitrogen and oxygen atoms in total. The lowest BCUT2D eigenvalue weighted by Crippen LogP contribution is -2.37. The standard InChI is InChI=1S/C20H21N3O4/c1-14-9-11-22(12-10-14)20(25)15-5-7-17(8-6-15)21-19(24)16-3-2-4-18(13-16)23(26)27/h2-8,13-14H,9-12H2,1H3,(H,21,24). The minimum Gasteiger partial charge on any atom is -0.339 e. The summed E-state index contributed by atoms with van der Waals surface area (Å²) in [5.41, 5.74) is 1.17. The quantitative estimate of drug-likeness (QED) is 0.658. The number of amides is 2. The largest absolute Gasteiger partial charge is 0.339 e. The number of carbonyl (C=O) groups is 2. The molecule has 1 N–H and O–H groups in total. The van der Waals surface area contributed by atoms with E-state index in [0.29, 0.717) is 17.2 Å². The third-order valence-electron chi connectivity index (χ3n) is 4.78. The van der Waals surface area contributed by atoms with E-state index >= 15 is 0 Å². The summed E-state index contributed by atoms with van der Waals surface area (Å²) in [4.78, 5) is 37.0. The first-order valence-corrected chi connectivity index (χ1v) is 8.89. The lowest BCUT2D eigenvalue weighted by Gasteiger charge is -2.30. The number of nitro groups is 1. The molecule has 0 aliphatic carbocycles. The summed E-state index contributed by atoms with van der Waals surface area (Å²) in [5.74, 6) is 0.210. The number of likely N-dealkylation sites (tertiary alicyclic amines) is 1. The summed E-state index contributed by atoms with van der Waals surface area (Å²) in [7, 11) is 0. The zero-order chi connectivity index (χ0) is 19.4. The number of nitrogens with zero attached hydrogens (tertiary/aromatic N) is 2. The average molecular weight is 367 g/mol. The summed E-state index contributed by atoms with van der Waals surface area (Å²) >= 11 is 0. The molecule has 0 bridgehead atoms. The Morgan fingerprint density at radius 3 is 2.37 bits per heavy atom. The molecule has 0 aromatic heterocycles. The molecule has 2 aromatic rings. The predicted molar refractivity (Wildman–Crippen MR) is 102 cm³/mol. The zero-order valence-electron chi connectivity index (χ0n) is 15.1. The number of non-ortho nitro benzene ring substituents is 1. The van der Waals surface area contributed by atoms with Gasteiger partial charge in [0.1, 0.15) is 0 Å². The number of piperidine rings is 1. The van der Waals surface area contributed by atoms with E-state index in [4.69, 9.17) is 0 Å². The van der Waals surface area contributed by atoms with Gasteiger partial charge in [-0.05, 0) is 49.1 Å². The molecule has 0 radical (unpaired) electrons. The summed E-state index contributed by atoms with van der Waals surface area (Å²) in [6, 6.07) is 12.2. The highest BCUT2D eigenvalue weighted by molar-refractivity contribution is 6.05. The van der Waals surface area contributed by atoms with Gasteiger partial charge in [-0.15, -0.1) is 0 Å². The van der Waals surface area contributed by atoms with Gasteiger partial charge in [0, 0.05) is 42.0 Å². The van der Waals surface area contributed by atoms with Crippen LogP contribution in [0.4, 0.5) is 11.4 Å². The summed E-state index contributed by atoms with van der Waals surface area (Å²) in [6.07, 6.45) is 2.03. The molecule has 7 heteroatoms. The fourth-order valence-corrected chi connectivity index (χ4v) is 3.05. The van der Waals surface area contributed by atoms with Crippen molar-refractivity contribution >= 4 is 23.2 Å². The van der Waals surface area contributed by atoms with Crippen molar-refractivity contribution in [2.24, 2.45) is 5.92 Å². The van der Waals surface area contributed by atoms with Crippen LogP contribution in [0.3, 0.4) is 0 Å². The van der Waals surface area contributed by atoms with Gasteiger partial charge in [0.25, 0.3) is 17.5 Å². The Hall–Kier alpha value is -3.22. The first kappa shape index (κ1) is 18.6. The van der Waals surface area contributed by atoms with E-state index < -0.39 is 10.8 Å². The molecule has 3 rings (SSSR count). The summed E-state index contributed by atoms with van der Waals surface area (Å²) in [6.45, 7) is 3.73. The number of carbonyl (C=O) groups excluding carboxylic acids is 2. The smallest absolute Gasteiger partial charge is 0.270 e. The number of nitro benzene ring substituents is 1. The van der Waals surface area contributed by atoms with Gasteiger partial charge in [-0.2, -0.15) is 0 Å². The third-order valence-corrected chi connectivity index (χ3v) is 4.78. The minimum atomic E-state index is -0.543. The van der Waals surface area contributed by atoms with E-state index in [-0.39, 0.29) is 17.2 Å². The molecule has 27 heavy (non-hydrogen) atoms. The topological polar surface area (TPSA) is 92.6 Å². The monoisotopic (exact) mass is 367 g/mol. The van der Waals surface area contributed by atoms with E-state index in [9.17, 15) is 19.7 Å². The molecular formula is C20H21N3O4. The fourth-order valence-electron chi connectivity index (χ4n) is 3.05. The van der Waals surface area contributed by atoms with Gasteiger partial charge >= 0.3 is 0 Å². The lowest BCUT2D eigenvalue weighted by molar-refractivity contribution is -0.384. The van der Waals surface area contributed by atoms with E-state index in [2.05, 4.69) is 12.2 Å². The average Bonchev–Trinajstić information content (AvgIpc) is 2.68. The van der Waals surface area contributed by atoms with E-state index in [1.165, 1.54) is 24.3 Å². The van der Waals surface area contributed by atoms with Gasteiger partial charge in [-0.3, -0.25) is 19.7 Å². The Bertz CT molecular complexity index is 856. The van der Waals surface area contributed by atoms with Crippen molar-refractivity contribution in [2.75, 3.05) is 18.4 Å². The molecule has 2 amide bonds. The van der Waals surface area contributed by atoms with E-state index in [0.717, 1.165) is 25.9 Å². The number of anilines is 1. The van der Waals surface area contributed by atoms with Crippen molar-refractivity contribution in [1.82, 2.24) is 4.90 Å². The maximum Gasteiger partial charge on any atom is 0.270 e. The van der Waals surface area contributed by atoms with Crippen molar-refractivity contribution in [3.8, 4) is 0 Å². The molecule has 1 aliphatic rings. The van der Waals surface area contributed by atoms with Gasteiger partial charge in [-0.1, -0.05) is 13.0 Å². The number of rotatable bonds is 4. The van der Waals surface area contributed by atoms with Gasteiger partial charge in [0.05, 0.1) is 4.92 Å². The van der Waals surface area contributed by atoms with E-state index in [1.807, 2.05) is 4.90 Å². The van der Waals surface area contributed by atoms with Crippen LogP contribution in [0.1, 0.15) is 40.5 Å². The van der Waals surface area contributed by atoms with Crippen LogP contribution in [0.15, 0.2) is 48.5 Å². The van der Waals surface area contributed by atoms with Crippen LogP contribution in [-0.4, -0.2) is 34.7 Å². The van der Waals surface area contributed by atoms with Gasteiger partial charge < -0.3 is 10.2 Å². The number of hydrogen-bond donors (Lipinski definition) is 1. The number of hydrogen-bond acceptors (Lipinski definition) is 4. The van der Waals surface area contributed by atoms with Crippen LogP contribution in [0.25, 0.3) is 0 Å². The molecule has 1 heterocycles. The molecule has 2 aromatic carbocycles. The highest BCUT2D eigenvalue weighted by Crippen LogP contribution is 2.20. The molecule has 0 unspecified atom stereocenters. The zero-order valence-corrected chi connectivity index (χ0v) is 15.1. The van der Waals surface area contributed by atoms with Crippen LogP contribution in [0.5, 0.6) is 0 Å². The Labute approximate surface area is 157 Å². The molecule has 140 valence electrons. The second-order valence-electron chi connectivity index (χ2n) is 6.81. The fraction of sp³-hybridized carbons (Fsp3) is 0.300. The lowest BCUT2D eigenvalue weighted by atomic mass is 9.98. The highest BCUT2D eigenvalue weighted by Gasteiger charge is 2.21. The SMILES string of the molecule is CC1CCN(C(=O)c2ccc(NC(=O)c3cccc([N+](=O)[O-])c3)cc2)CC1. The normalized spacial score (nSPS) is 14.6. The maximum absolute atomic E-state index is 12.5. The van der Waals surface area contributed by atoms with Gasteiger partial charge in [0.15, 0.2) is 0 Å². The number of benzene rings is 2. The molecule has 1 fully saturated rings. The molecule has 1 aliphatic heterocycles. The highest BCUT2D eigenvalue weighted by atomic mass is 16.6. The molecule has 0 spiro atoms. The van der Waals surface area contributed by atoms with Crippen molar-refractivity contribution < 1.29 is 14.5 Å². The first-order valence-electron chi connectivity index (χ1n) is 8.89. The minimum absolute atomic E-state index is 0.00143. The molecular weight excluding hydrogens is 346 g/mol. The maximum atomic E-state index is 12.5. The van der Waals surface area contributed by atoms with Crippen LogP contribution in [0.2, 0.25) is 0 Å². The molecule has 1 saturated heterocycles. The van der Waals surface area contributed by atoms with E-state index in [1.54, 1.807) is 24.3 Å². The Morgan fingerprint density at radius 2 is 1.74 bits per heavy atom. The predicted octanol–water partition coefficient (Wildman–Crippen LogP) is 3.72. The number of nitrogens with one attached hydrogen (secondary N) is 1. The van der Waals surface area contributed by atoms with Crippen LogP contribution in [0, 0.1) is 16.0 Å². The summed E-state index contributed by atoms with van der Waals surface area (Å²) in [5, 5.41) is 13.5. The van der Waals surface area contributed by atoms with Crippen molar-refractivity contribution in [2.45, 2.75) is 19.8 Å². The first-order chi connectivity index (χ1) is 12.9. The van der Waals surface area contributed by atoms with Crippen LogP contribution >= 0.6 is 0 Å². The third kappa shape index (κ3) is 4.49. The van der Waals surface area contributed by atoms with Crippen LogP contribution < -0.4 is 5.32 Å². The second kappa shape index (κ2) is 7.99. The Morgan fingerprint density at radius 1 is 1.07 bits per heavy atom. The Kier molecular flexibility index (Phi) is 5.49. The van der Waals surface area contributed by atoms with Crippen molar-refractivity contribution in [3.05, 3.63) is 69.8 Å².